The van der Waals surface area contributed by atoms with E-state index in [2.05, 4.69) is 53.5 Å². The molecule has 36 heavy (non-hydrogen) atoms. The molecule has 2 bridgehead atoms. The molecule has 2 aromatic rings. The van der Waals surface area contributed by atoms with Crippen molar-refractivity contribution in [1.82, 2.24) is 4.98 Å². The average Bonchev–Trinajstić information content (AvgIpc) is 3.37. The number of fused-ring (bicyclic) bond motifs is 2. The molecule has 1 saturated heterocycles. The van der Waals surface area contributed by atoms with E-state index in [0.29, 0.717) is 24.7 Å². The van der Waals surface area contributed by atoms with Gasteiger partial charge >= 0.3 is 10.1 Å². The molecule has 3 fully saturated rings. The lowest BCUT2D eigenvalue weighted by atomic mass is 9.58. The highest BCUT2D eigenvalue weighted by molar-refractivity contribution is 7.85. The van der Waals surface area contributed by atoms with E-state index < -0.39 is 10.1 Å². The SMILES string of the molecule is CC12CC=C3C=C4CC/C(=N\OS(C)(=O)=O)C[C@]45CC[C@]3(O5)[C@@H]1CCC2c1ccc2ccncc2c1. The molecule has 0 radical (unpaired) electrons. The number of aromatic nitrogens is 1. The second kappa shape index (κ2) is 7.51. The van der Waals surface area contributed by atoms with Crippen molar-refractivity contribution < 1.29 is 17.4 Å². The summed E-state index contributed by atoms with van der Waals surface area (Å²) in [5, 5.41) is 6.46. The van der Waals surface area contributed by atoms with Crippen molar-refractivity contribution >= 4 is 26.6 Å². The molecule has 0 N–H and O–H groups in total. The molecule has 5 atom stereocenters. The maximum Gasteiger partial charge on any atom is 0.325 e. The number of rotatable bonds is 3. The second-order valence-corrected chi connectivity index (χ2v) is 13.4. The van der Waals surface area contributed by atoms with E-state index in [1.807, 2.05) is 12.4 Å². The van der Waals surface area contributed by atoms with Crippen LogP contribution < -0.4 is 0 Å². The van der Waals surface area contributed by atoms with Gasteiger partial charge in [0.1, 0.15) is 0 Å². The molecule has 3 aliphatic carbocycles. The number of hydrogen-bond donors (Lipinski definition) is 0. The number of nitrogens with zero attached hydrogens (tertiary/aromatic N) is 2. The van der Waals surface area contributed by atoms with Crippen LogP contribution in [-0.4, -0.2) is 36.6 Å². The number of pyridine rings is 1. The van der Waals surface area contributed by atoms with E-state index in [1.54, 1.807) is 0 Å². The minimum absolute atomic E-state index is 0.126. The Labute approximate surface area is 212 Å². The molecule has 1 aromatic carbocycles. The van der Waals surface area contributed by atoms with Crippen molar-refractivity contribution in [1.29, 1.82) is 0 Å². The Bertz CT molecular complexity index is 1480. The van der Waals surface area contributed by atoms with Crippen molar-refractivity contribution in [3.8, 4) is 0 Å². The van der Waals surface area contributed by atoms with E-state index in [-0.39, 0.29) is 16.6 Å². The van der Waals surface area contributed by atoms with Crippen molar-refractivity contribution in [3.05, 3.63) is 65.5 Å². The van der Waals surface area contributed by atoms with Gasteiger partial charge in [0.2, 0.25) is 0 Å². The summed E-state index contributed by atoms with van der Waals surface area (Å²) < 4.78 is 35.0. The van der Waals surface area contributed by atoms with Gasteiger partial charge in [-0.3, -0.25) is 9.27 Å². The van der Waals surface area contributed by atoms with Gasteiger partial charge in [-0.2, -0.15) is 8.42 Å². The molecule has 188 valence electrons. The monoisotopic (exact) mass is 504 g/mol. The van der Waals surface area contributed by atoms with Crippen molar-refractivity contribution in [3.63, 3.8) is 0 Å². The summed E-state index contributed by atoms with van der Waals surface area (Å²) in [6.45, 7) is 2.48. The fourth-order valence-corrected chi connectivity index (χ4v) is 8.54. The average molecular weight is 505 g/mol. The van der Waals surface area contributed by atoms with Gasteiger partial charge in [-0.15, -0.1) is 0 Å². The smallest absolute Gasteiger partial charge is 0.325 e. The predicted molar refractivity (Wildman–Crippen MR) is 139 cm³/mol. The molecule has 1 aromatic heterocycles. The zero-order valence-corrected chi connectivity index (χ0v) is 21.7. The summed E-state index contributed by atoms with van der Waals surface area (Å²) in [5.41, 5.74) is 4.42. The first kappa shape index (κ1) is 22.7. The van der Waals surface area contributed by atoms with Gasteiger partial charge in [0, 0.05) is 24.2 Å². The number of oxime groups is 1. The molecular formula is C29H32N2O4S. The van der Waals surface area contributed by atoms with E-state index in [1.165, 1.54) is 27.5 Å². The van der Waals surface area contributed by atoms with Crippen molar-refractivity contribution in [2.75, 3.05) is 6.26 Å². The Kier molecular flexibility index (Phi) is 4.73. The van der Waals surface area contributed by atoms with Crippen LogP contribution in [0.2, 0.25) is 0 Å². The molecule has 2 spiro atoms. The van der Waals surface area contributed by atoms with Crippen LogP contribution in [0.15, 0.2) is 65.1 Å². The van der Waals surface area contributed by atoms with Crippen LogP contribution in [0.4, 0.5) is 0 Å². The molecule has 2 saturated carbocycles. The Hall–Kier alpha value is -2.51. The summed E-state index contributed by atoms with van der Waals surface area (Å²) in [7, 11) is -3.61. The third-order valence-corrected chi connectivity index (χ3v) is 10.2. The van der Waals surface area contributed by atoms with E-state index >= 15 is 0 Å². The van der Waals surface area contributed by atoms with Crippen LogP contribution in [0.5, 0.6) is 0 Å². The normalized spacial score (nSPS) is 38.2. The molecule has 3 heterocycles. The maximum absolute atomic E-state index is 11.5. The van der Waals surface area contributed by atoms with Gasteiger partial charge in [-0.05, 0) is 96.4 Å². The molecular weight excluding hydrogens is 472 g/mol. The van der Waals surface area contributed by atoms with Gasteiger partial charge < -0.3 is 4.74 Å². The molecule has 7 heteroatoms. The Morgan fingerprint density at radius 2 is 2.03 bits per heavy atom. The van der Waals surface area contributed by atoms with Crippen LogP contribution in [0, 0.1) is 11.3 Å². The van der Waals surface area contributed by atoms with Crippen LogP contribution >= 0.6 is 0 Å². The van der Waals surface area contributed by atoms with Crippen molar-refractivity contribution in [2.24, 2.45) is 16.5 Å². The first-order valence-corrected chi connectivity index (χ1v) is 14.9. The molecule has 2 unspecified atom stereocenters. The second-order valence-electron chi connectivity index (χ2n) is 11.8. The zero-order valence-electron chi connectivity index (χ0n) is 20.9. The first-order chi connectivity index (χ1) is 17.2. The number of hydrogen-bond acceptors (Lipinski definition) is 6. The third kappa shape index (κ3) is 3.21. The zero-order chi connectivity index (χ0) is 24.8. The van der Waals surface area contributed by atoms with Gasteiger partial charge in [0.25, 0.3) is 0 Å². The summed E-state index contributed by atoms with van der Waals surface area (Å²) >= 11 is 0. The maximum atomic E-state index is 11.5. The lowest BCUT2D eigenvalue weighted by Crippen LogP contribution is -2.53. The quantitative estimate of drug-likeness (QED) is 0.493. The third-order valence-electron chi connectivity index (χ3n) is 9.88. The van der Waals surface area contributed by atoms with E-state index in [9.17, 15) is 8.42 Å². The summed E-state index contributed by atoms with van der Waals surface area (Å²) in [5.74, 6) is 0.933. The number of benzene rings is 1. The van der Waals surface area contributed by atoms with Gasteiger partial charge in [-0.25, -0.2) is 0 Å². The number of allylic oxidation sites excluding steroid dienone is 1. The predicted octanol–water partition coefficient (Wildman–Crippen LogP) is 5.81. The highest BCUT2D eigenvalue weighted by atomic mass is 32.2. The Morgan fingerprint density at radius 1 is 1.14 bits per heavy atom. The van der Waals surface area contributed by atoms with Crippen LogP contribution in [-0.2, 0) is 19.1 Å². The van der Waals surface area contributed by atoms with Gasteiger partial charge in [0.15, 0.2) is 0 Å². The molecule has 2 aliphatic heterocycles. The van der Waals surface area contributed by atoms with Crippen LogP contribution in [0.3, 0.4) is 0 Å². The van der Waals surface area contributed by atoms with E-state index in [4.69, 9.17) is 9.02 Å². The molecule has 5 aliphatic rings. The standard InChI is InChI=1S/C29H32N2O4S/c1-27-11-9-23-16-22-5-6-24(31-35-36(2,32)33)17-28(22)12-13-29(23,34-28)26(27)8-7-25(27)20-4-3-19-10-14-30-18-21(19)15-20/h3-4,9-10,14-16,18,25-26H,5-8,11-13,17H2,1-2H3/b31-24+/t25?,26-,27?,28-,29-/m1/s1. The summed E-state index contributed by atoms with van der Waals surface area (Å²) in [6, 6.07) is 8.98. The van der Waals surface area contributed by atoms with E-state index in [0.717, 1.165) is 50.5 Å². The van der Waals surface area contributed by atoms with Crippen LogP contribution in [0.1, 0.15) is 69.8 Å². The minimum atomic E-state index is -3.61. The Balaban J connectivity index is 1.24. The summed E-state index contributed by atoms with van der Waals surface area (Å²) in [6.07, 6.45) is 17.3. The lowest BCUT2D eigenvalue weighted by Gasteiger charge is -2.54. The summed E-state index contributed by atoms with van der Waals surface area (Å²) in [4.78, 5) is 4.35. The fourth-order valence-electron chi connectivity index (χ4n) is 8.30. The van der Waals surface area contributed by atoms with Crippen molar-refractivity contribution in [2.45, 2.75) is 75.4 Å². The minimum Gasteiger partial charge on any atom is -0.359 e. The highest BCUT2D eigenvalue weighted by Gasteiger charge is 2.66. The number of ether oxygens (including phenoxy) is 1. The highest BCUT2D eigenvalue weighted by Crippen LogP contribution is 2.69. The topological polar surface area (TPSA) is 77.8 Å². The molecule has 7 rings (SSSR count). The van der Waals surface area contributed by atoms with Crippen LogP contribution in [0.25, 0.3) is 10.8 Å². The largest absolute Gasteiger partial charge is 0.359 e. The molecule has 0 amide bonds. The van der Waals surface area contributed by atoms with Gasteiger partial charge in [-0.1, -0.05) is 36.4 Å². The Morgan fingerprint density at radius 3 is 2.89 bits per heavy atom. The molecule has 6 nitrogen and oxygen atoms in total. The lowest BCUT2D eigenvalue weighted by molar-refractivity contribution is -0.126. The fraction of sp³-hybridized carbons (Fsp3) is 0.517. The first-order valence-electron chi connectivity index (χ1n) is 13.1. The van der Waals surface area contributed by atoms with Gasteiger partial charge in [0.05, 0.1) is 23.2 Å².